The molecule has 0 rings (SSSR count). The predicted octanol–water partition coefficient (Wildman–Crippen LogP) is 0.600. The minimum Gasteiger partial charge on any atom is -0.350 e. The predicted molar refractivity (Wildman–Crippen MR) is 44.0 cm³/mol. The van der Waals surface area contributed by atoms with Crippen molar-refractivity contribution in [2.24, 2.45) is 5.73 Å². The van der Waals surface area contributed by atoms with Crippen molar-refractivity contribution in [1.29, 1.82) is 0 Å². The van der Waals surface area contributed by atoms with Crippen LogP contribution in [-0.4, -0.2) is 24.9 Å². The van der Waals surface area contributed by atoms with Gasteiger partial charge in [-0.3, -0.25) is 0 Å². The van der Waals surface area contributed by atoms with Gasteiger partial charge in [0.15, 0.2) is 6.29 Å². The second-order valence-corrected chi connectivity index (χ2v) is 2.37. The van der Waals surface area contributed by atoms with Crippen molar-refractivity contribution in [2.45, 2.75) is 25.5 Å². The molecule has 4 heteroatoms. The Kier molecular flexibility index (Phi) is 6.11. The molecule has 10 heavy (non-hydrogen) atoms. The number of hydrogen-bond acceptors (Lipinski definition) is 4. The van der Waals surface area contributed by atoms with E-state index in [1.165, 1.54) is 0 Å². The molecule has 0 bridgehead atoms. The van der Waals surface area contributed by atoms with Gasteiger partial charge in [-0.1, -0.05) is 0 Å². The Hall–Kier alpha value is 0.230. The number of hydrogen-bond donors (Lipinski definition) is 2. The van der Waals surface area contributed by atoms with Gasteiger partial charge >= 0.3 is 0 Å². The molecule has 0 aliphatic rings. The van der Waals surface area contributed by atoms with Gasteiger partial charge in [-0.25, -0.2) is 0 Å². The van der Waals surface area contributed by atoms with Crippen molar-refractivity contribution in [3.63, 3.8) is 0 Å². The molecule has 0 fully saturated rings. The minimum atomic E-state index is -0.377. The summed E-state index contributed by atoms with van der Waals surface area (Å²) in [5, 5.41) is -0.361. The third-order valence-corrected chi connectivity index (χ3v) is 1.18. The molecule has 62 valence electrons. The van der Waals surface area contributed by atoms with Crippen molar-refractivity contribution < 1.29 is 9.47 Å². The Bertz CT molecular complexity index is 74.1. The maximum absolute atomic E-state index is 5.42. The summed E-state index contributed by atoms with van der Waals surface area (Å²) < 4.78 is 10.2. The van der Waals surface area contributed by atoms with E-state index in [9.17, 15) is 0 Å². The van der Waals surface area contributed by atoms with Crippen LogP contribution in [0.25, 0.3) is 0 Å². The Morgan fingerprint density at radius 3 is 1.90 bits per heavy atom. The van der Waals surface area contributed by atoms with E-state index in [1.807, 2.05) is 13.8 Å². The lowest BCUT2D eigenvalue weighted by Gasteiger charge is -2.19. The van der Waals surface area contributed by atoms with Crippen LogP contribution in [0.1, 0.15) is 13.8 Å². The second kappa shape index (κ2) is 5.97. The van der Waals surface area contributed by atoms with Crippen LogP contribution >= 0.6 is 12.6 Å². The van der Waals surface area contributed by atoms with E-state index in [2.05, 4.69) is 12.6 Å². The Labute approximate surface area is 67.3 Å². The van der Waals surface area contributed by atoms with Crippen LogP contribution in [0.15, 0.2) is 0 Å². The normalized spacial score (nSPS) is 14.1. The topological polar surface area (TPSA) is 44.5 Å². The highest BCUT2D eigenvalue weighted by molar-refractivity contribution is 7.80. The van der Waals surface area contributed by atoms with E-state index in [1.54, 1.807) is 0 Å². The molecule has 0 amide bonds. The van der Waals surface area contributed by atoms with Crippen LogP contribution in [-0.2, 0) is 9.47 Å². The number of rotatable bonds is 5. The van der Waals surface area contributed by atoms with E-state index in [-0.39, 0.29) is 11.7 Å². The highest BCUT2D eigenvalue weighted by Crippen LogP contribution is 2.02. The third kappa shape index (κ3) is 4.11. The summed E-state index contributed by atoms with van der Waals surface area (Å²) in [6.45, 7) is 4.97. The molecule has 0 spiro atoms. The highest BCUT2D eigenvalue weighted by Gasteiger charge is 2.12. The van der Waals surface area contributed by atoms with Crippen molar-refractivity contribution >= 4 is 12.6 Å². The molecule has 0 aromatic heterocycles. The number of ether oxygens (including phenoxy) is 2. The lowest BCUT2D eigenvalue weighted by atomic mass is 10.6. The SMILES string of the molecule is CCOC(OCC)C(N)S. The molecule has 1 atom stereocenters. The lowest BCUT2D eigenvalue weighted by molar-refractivity contribution is -0.134. The molecule has 0 radical (unpaired) electrons. The van der Waals surface area contributed by atoms with Crippen LogP contribution in [0, 0.1) is 0 Å². The summed E-state index contributed by atoms with van der Waals surface area (Å²) in [6, 6.07) is 0. The Morgan fingerprint density at radius 1 is 1.30 bits per heavy atom. The first-order chi connectivity index (χ1) is 4.72. The number of nitrogens with two attached hydrogens (primary N) is 1. The van der Waals surface area contributed by atoms with Crippen LogP contribution in [0.3, 0.4) is 0 Å². The van der Waals surface area contributed by atoms with Gasteiger partial charge in [0.25, 0.3) is 0 Å². The number of thiol groups is 1. The standard InChI is InChI=1S/C6H15NO2S/c1-3-8-6(5(7)10)9-4-2/h5-6,10H,3-4,7H2,1-2H3. The quantitative estimate of drug-likeness (QED) is 0.463. The first-order valence-electron chi connectivity index (χ1n) is 3.39. The Balaban J connectivity index is 3.50. The molecule has 1 unspecified atom stereocenters. The van der Waals surface area contributed by atoms with E-state index in [0.29, 0.717) is 13.2 Å². The maximum Gasteiger partial charge on any atom is 0.181 e. The summed E-state index contributed by atoms with van der Waals surface area (Å²) in [5.41, 5.74) is 5.42. The van der Waals surface area contributed by atoms with Gasteiger partial charge in [0, 0.05) is 13.2 Å². The van der Waals surface area contributed by atoms with E-state index >= 15 is 0 Å². The zero-order valence-corrected chi connectivity index (χ0v) is 7.30. The fraction of sp³-hybridized carbons (Fsp3) is 1.00. The van der Waals surface area contributed by atoms with Crippen molar-refractivity contribution in [3.05, 3.63) is 0 Å². The van der Waals surface area contributed by atoms with E-state index in [4.69, 9.17) is 15.2 Å². The van der Waals surface area contributed by atoms with E-state index < -0.39 is 0 Å². The van der Waals surface area contributed by atoms with Gasteiger partial charge in [0.05, 0.1) is 5.37 Å². The van der Waals surface area contributed by atoms with Crippen LogP contribution < -0.4 is 5.73 Å². The molecule has 0 aliphatic heterocycles. The van der Waals surface area contributed by atoms with Gasteiger partial charge in [-0.2, -0.15) is 12.6 Å². The van der Waals surface area contributed by atoms with Gasteiger partial charge in [0.1, 0.15) is 0 Å². The maximum atomic E-state index is 5.42. The van der Waals surface area contributed by atoms with Gasteiger partial charge < -0.3 is 15.2 Å². The molecular weight excluding hydrogens is 150 g/mol. The molecule has 0 aliphatic carbocycles. The van der Waals surface area contributed by atoms with E-state index in [0.717, 1.165) is 0 Å². The monoisotopic (exact) mass is 165 g/mol. The first-order valence-corrected chi connectivity index (χ1v) is 3.90. The highest BCUT2D eigenvalue weighted by atomic mass is 32.1. The first kappa shape index (κ1) is 10.2. The zero-order valence-electron chi connectivity index (χ0n) is 6.41. The molecule has 2 N–H and O–H groups in total. The summed E-state index contributed by atoms with van der Waals surface area (Å²) >= 11 is 3.99. The second-order valence-electron chi connectivity index (χ2n) is 1.77. The zero-order chi connectivity index (χ0) is 7.98. The summed E-state index contributed by atoms with van der Waals surface area (Å²) in [5.74, 6) is 0. The van der Waals surface area contributed by atoms with Crippen LogP contribution in [0.4, 0.5) is 0 Å². The molecule has 0 aromatic rings. The molecule has 0 saturated heterocycles. The largest absolute Gasteiger partial charge is 0.350 e. The van der Waals surface area contributed by atoms with Crippen LogP contribution in [0.2, 0.25) is 0 Å². The Morgan fingerprint density at radius 2 is 1.70 bits per heavy atom. The molecule has 3 nitrogen and oxygen atoms in total. The molecular formula is C6H15NO2S. The average molecular weight is 165 g/mol. The third-order valence-electron chi connectivity index (χ3n) is 0.941. The van der Waals surface area contributed by atoms with Crippen molar-refractivity contribution in [2.75, 3.05) is 13.2 Å². The van der Waals surface area contributed by atoms with Gasteiger partial charge in [-0.15, -0.1) is 0 Å². The summed E-state index contributed by atoms with van der Waals surface area (Å²) in [7, 11) is 0. The fourth-order valence-corrected chi connectivity index (χ4v) is 0.746. The fourth-order valence-electron chi connectivity index (χ4n) is 0.574. The smallest absolute Gasteiger partial charge is 0.181 e. The molecule has 0 heterocycles. The van der Waals surface area contributed by atoms with Gasteiger partial charge in [0.2, 0.25) is 0 Å². The summed E-state index contributed by atoms with van der Waals surface area (Å²) in [4.78, 5) is 0. The minimum absolute atomic E-state index is 0.361. The summed E-state index contributed by atoms with van der Waals surface area (Å²) in [6.07, 6.45) is -0.377. The van der Waals surface area contributed by atoms with Gasteiger partial charge in [-0.05, 0) is 13.8 Å². The molecule has 0 aromatic carbocycles. The van der Waals surface area contributed by atoms with Crippen molar-refractivity contribution in [1.82, 2.24) is 0 Å². The lowest BCUT2D eigenvalue weighted by Crippen LogP contribution is -2.34. The molecule has 0 saturated carbocycles. The van der Waals surface area contributed by atoms with Crippen LogP contribution in [0.5, 0.6) is 0 Å². The van der Waals surface area contributed by atoms with Crippen molar-refractivity contribution in [3.8, 4) is 0 Å². The average Bonchev–Trinajstić information content (AvgIpc) is 1.87.